The first-order valence-corrected chi connectivity index (χ1v) is 4.05. The van der Waals surface area contributed by atoms with Crippen molar-refractivity contribution in [3.05, 3.63) is 42.0 Å². The van der Waals surface area contributed by atoms with Crippen molar-refractivity contribution in [3.8, 4) is 0 Å². The Bertz CT molecular complexity index is 360. The number of hydrogen-bond donors (Lipinski definition) is 0. The minimum atomic E-state index is 0. The van der Waals surface area contributed by atoms with E-state index in [-0.39, 0.29) is 21.7 Å². The van der Waals surface area contributed by atoms with E-state index in [0.29, 0.717) is 0 Å². The van der Waals surface area contributed by atoms with Crippen molar-refractivity contribution in [2.45, 2.75) is 13.3 Å². The number of rotatable bonds is 1. The Morgan fingerprint density at radius 2 is 2.08 bits per heavy atom. The third-order valence-electron chi connectivity index (χ3n) is 2.15. The van der Waals surface area contributed by atoms with Crippen LogP contribution >= 0.6 is 0 Å². The average Bonchev–Trinajstić information content (AvgIpc) is 2.50. The third kappa shape index (κ3) is 1.50. The Balaban J connectivity index is 0.000000720. The number of aryl methyl sites for hydroxylation is 1. The van der Waals surface area contributed by atoms with Crippen LogP contribution < -0.4 is 0 Å². The van der Waals surface area contributed by atoms with Crippen molar-refractivity contribution in [2.24, 2.45) is 0 Å². The normalized spacial score (nSPS) is 9.75. The molecule has 0 amide bonds. The molecule has 0 heterocycles. The molecule has 0 saturated heterocycles. The molecule has 0 saturated carbocycles. The van der Waals surface area contributed by atoms with Crippen LogP contribution in [0.4, 0.5) is 0 Å². The van der Waals surface area contributed by atoms with E-state index in [1.165, 1.54) is 16.3 Å². The minimum absolute atomic E-state index is 0. The van der Waals surface area contributed by atoms with Gasteiger partial charge in [0, 0.05) is 21.7 Å². The molecule has 0 aliphatic carbocycles. The average molecular weight is 191 g/mol. The third-order valence-corrected chi connectivity index (χ3v) is 2.15. The molecule has 12 heavy (non-hydrogen) atoms. The van der Waals surface area contributed by atoms with E-state index in [0.717, 1.165) is 6.42 Å². The summed E-state index contributed by atoms with van der Waals surface area (Å²) in [5, 5.41) is 2.78. The largest absolute Gasteiger partial charge is 0.168 e. The molecule has 0 aliphatic heterocycles. The van der Waals surface area contributed by atoms with Gasteiger partial charge >= 0.3 is 0 Å². The molecule has 2 aromatic carbocycles. The second-order valence-corrected chi connectivity index (χ2v) is 2.80. The van der Waals surface area contributed by atoms with E-state index >= 15 is 0 Å². The monoisotopic (exact) mass is 191 g/mol. The number of fused-ring (bicyclic) bond motifs is 1. The van der Waals surface area contributed by atoms with Gasteiger partial charge in [-0.2, -0.15) is 12.1 Å². The van der Waals surface area contributed by atoms with E-state index < -0.39 is 0 Å². The second kappa shape index (κ2) is 3.98. The van der Waals surface area contributed by atoms with Crippen molar-refractivity contribution in [2.75, 3.05) is 0 Å². The van der Waals surface area contributed by atoms with Gasteiger partial charge in [-0.1, -0.05) is 18.6 Å². The Labute approximate surface area is 87.8 Å². The molecule has 0 aliphatic rings. The maximum atomic E-state index is 2.20. The molecule has 2 aromatic rings. The maximum absolute atomic E-state index is 2.20. The summed E-state index contributed by atoms with van der Waals surface area (Å²) in [4.78, 5) is 0. The maximum Gasteiger partial charge on any atom is 0 e. The van der Waals surface area contributed by atoms with Gasteiger partial charge < -0.3 is 0 Å². The van der Waals surface area contributed by atoms with Gasteiger partial charge in [0.1, 0.15) is 0 Å². The molecule has 0 radical (unpaired) electrons. The van der Waals surface area contributed by atoms with E-state index in [1.54, 1.807) is 0 Å². The molecule has 60 valence electrons. The van der Waals surface area contributed by atoms with Crippen molar-refractivity contribution in [1.82, 2.24) is 0 Å². The smallest absolute Gasteiger partial charge is 0 e. The first-order valence-electron chi connectivity index (χ1n) is 4.05. The van der Waals surface area contributed by atoms with E-state index in [2.05, 4.69) is 43.3 Å². The zero-order valence-electron chi connectivity index (χ0n) is 7.17. The zero-order chi connectivity index (χ0) is 7.68. The summed E-state index contributed by atoms with van der Waals surface area (Å²) in [5.41, 5.74) is 1.45. The molecular formula is C11H11Ti-. The fourth-order valence-corrected chi connectivity index (χ4v) is 1.54. The second-order valence-electron chi connectivity index (χ2n) is 2.80. The predicted octanol–water partition coefficient (Wildman–Crippen LogP) is 3.12. The van der Waals surface area contributed by atoms with Crippen LogP contribution in [0.15, 0.2) is 36.4 Å². The van der Waals surface area contributed by atoms with Crippen LogP contribution in [-0.2, 0) is 28.1 Å². The van der Waals surface area contributed by atoms with Crippen molar-refractivity contribution in [1.29, 1.82) is 0 Å². The SMILES string of the molecule is CCc1cccc2[cH-]ccc12.[Ti]. The Kier molecular flexibility index (Phi) is 3.19. The Hall–Kier alpha value is -0.456. The topological polar surface area (TPSA) is 0 Å². The van der Waals surface area contributed by atoms with Gasteiger partial charge in [-0.25, -0.2) is 0 Å². The summed E-state index contributed by atoms with van der Waals surface area (Å²) in [6.07, 6.45) is 1.13. The molecule has 0 N–H and O–H groups in total. The Morgan fingerprint density at radius 1 is 1.25 bits per heavy atom. The quantitative estimate of drug-likeness (QED) is 0.479. The molecule has 0 unspecified atom stereocenters. The predicted molar refractivity (Wildman–Crippen MR) is 48.9 cm³/mol. The van der Waals surface area contributed by atoms with Crippen LogP contribution in [-0.4, -0.2) is 0 Å². The van der Waals surface area contributed by atoms with Crippen LogP contribution in [0.3, 0.4) is 0 Å². The fourth-order valence-electron chi connectivity index (χ4n) is 1.54. The molecule has 0 aromatic heterocycles. The minimum Gasteiger partial charge on any atom is -0.168 e. The number of benzene rings is 1. The van der Waals surface area contributed by atoms with E-state index in [4.69, 9.17) is 0 Å². The molecule has 0 bridgehead atoms. The molecule has 2 rings (SSSR count). The van der Waals surface area contributed by atoms with Crippen LogP contribution in [0.1, 0.15) is 12.5 Å². The van der Waals surface area contributed by atoms with E-state index in [9.17, 15) is 0 Å². The van der Waals surface area contributed by atoms with Crippen molar-refractivity contribution < 1.29 is 21.7 Å². The van der Waals surface area contributed by atoms with Gasteiger partial charge in [-0.3, -0.25) is 0 Å². The van der Waals surface area contributed by atoms with Crippen LogP contribution in [0.2, 0.25) is 0 Å². The van der Waals surface area contributed by atoms with Gasteiger partial charge in [0.2, 0.25) is 0 Å². The molecular weight excluding hydrogens is 180 g/mol. The summed E-state index contributed by atoms with van der Waals surface area (Å²) in [6, 6.07) is 12.9. The van der Waals surface area contributed by atoms with Gasteiger partial charge in [0.25, 0.3) is 0 Å². The van der Waals surface area contributed by atoms with Gasteiger partial charge in [-0.15, -0.1) is 29.0 Å². The molecule has 0 fully saturated rings. The summed E-state index contributed by atoms with van der Waals surface area (Å²) in [6.45, 7) is 2.20. The van der Waals surface area contributed by atoms with Crippen molar-refractivity contribution in [3.63, 3.8) is 0 Å². The summed E-state index contributed by atoms with van der Waals surface area (Å²) >= 11 is 0. The molecule has 0 nitrogen and oxygen atoms in total. The number of hydrogen-bond acceptors (Lipinski definition) is 0. The summed E-state index contributed by atoms with van der Waals surface area (Å²) in [7, 11) is 0. The van der Waals surface area contributed by atoms with Gasteiger partial charge in [0.05, 0.1) is 0 Å². The first kappa shape index (κ1) is 9.63. The van der Waals surface area contributed by atoms with Crippen molar-refractivity contribution >= 4 is 10.8 Å². The van der Waals surface area contributed by atoms with Crippen LogP contribution in [0.5, 0.6) is 0 Å². The fraction of sp³-hybridized carbons (Fsp3) is 0.182. The summed E-state index contributed by atoms with van der Waals surface area (Å²) in [5.74, 6) is 0. The van der Waals surface area contributed by atoms with Crippen LogP contribution in [0.25, 0.3) is 10.8 Å². The molecule has 0 atom stereocenters. The molecule has 0 spiro atoms. The van der Waals surface area contributed by atoms with Crippen LogP contribution in [0, 0.1) is 0 Å². The van der Waals surface area contributed by atoms with Gasteiger partial charge in [-0.05, 0) is 6.42 Å². The van der Waals surface area contributed by atoms with Gasteiger partial charge in [0.15, 0.2) is 0 Å². The zero-order valence-corrected chi connectivity index (χ0v) is 8.73. The molecule has 1 heteroatoms. The first-order chi connectivity index (χ1) is 5.42. The standard InChI is InChI=1S/C11H11.Ti/c1-2-9-5-3-6-10-7-4-8-11(9)10;/h3-8H,2H2,1H3;/q-1;. The van der Waals surface area contributed by atoms with E-state index in [1.807, 2.05) is 0 Å². The summed E-state index contributed by atoms with van der Waals surface area (Å²) < 4.78 is 0. The Morgan fingerprint density at radius 3 is 2.83 bits per heavy atom.